The van der Waals surface area contributed by atoms with Crippen LogP contribution < -0.4 is 11.1 Å². The molecule has 1 aromatic heterocycles. The van der Waals surface area contributed by atoms with E-state index >= 15 is 0 Å². The summed E-state index contributed by atoms with van der Waals surface area (Å²) in [4.78, 5) is 4.38. The number of nitrogen functional groups attached to an aromatic ring is 1. The molecule has 3 heteroatoms. The average molecular weight is 466 g/mol. The van der Waals surface area contributed by atoms with Crippen LogP contribution in [0.5, 0.6) is 0 Å². The van der Waals surface area contributed by atoms with E-state index in [9.17, 15) is 0 Å². The summed E-state index contributed by atoms with van der Waals surface area (Å²) in [5, 5.41) is 6.19. The molecule has 174 valence electrons. The maximum atomic E-state index is 6.61. The third kappa shape index (κ3) is 4.27. The maximum Gasteiger partial charge on any atom is 0.0702 e. The maximum absolute atomic E-state index is 6.61. The first-order valence-corrected chi connectivity index (χ1v) is 12.3. The molecule has 1 aliphatic rings. The van der Waals surface area contributed by atoms with Crippen molar-refractivity contribution in [3.05, 3.63) is 138 Å². The van der Waals surface area contributed by atoms with Gasteiger partial charge in [-0.2, -0.15) is 0 Å². The molecule has 0 saturated heterocycles. The molecule has 4 aromatic carbocycles. The molecule has 1 unspecified atom stereocenters. The lowest BCUT2D eigenvalue weighted by atomic mass is 9.94. The molecule has 1 atom stereocenters. The van der Waals surface area contributed by atoms with Gasteiger partial charge in [0.1, 0.15) is 0 Å². The fourth-order valence-corrected chi connectivity index (χ4v) is 4.87. The number of hydrogen-bond acceptors (Lipinski definition) is 3. The van der Waals surface area contributed by atoms with Gasteiger partial charge in [0.15, 0.2) is 0 Å². The van der Waals surface area contributed by atoms with Crippen molar-refractivity contribution in [3.8, 4) is 11.1 Å². The lowest BCUT2D eigenvalue weighted by molar-refractivity contribution is 0.980. The molecule has 6 rings (SSSR count). The number of benzene rings is 4. The fourth-order valence-electron chi connectivity index (χ4n) is 4.87. The number of rotatable bonds is 5. The number of allylic oxidation sites excluding steroid dienone is 1. The van der Waals surface area contributed by atoms with Crippen LogP contribution in [0.3, 0.4) is 0 Å². The van der Waals surface area contributed by atoms with Crippen molar-refractivity contribution in [2.45, 2.75) is 12.5 Å². The largest absolute Gasteiger partial charge is 0.397 e. The van der Waals surface area contributed by atoms with Crippen LogP contribution in [0, 0.1) is 0 Å². The molecule has 36 heavy (non-hydrogen) atoms. The van der Waals surface area contributed by atoms with Crippen molar-refractivity contribution in [2.75, 3.05) is 11.1 Å². The average Bonchev–Trinajstić information content (AvgIpc) is 2.94. The van der Waals surface area contributed by atoms with Gasteiger partial charge in [0.05, 0.1) is 17.4 Å². The Labute approximate surface area is 211 Å². The van der Waals surface area contributed by atoms with Crippen LogP contribution >= 0.6 is 0 Å². The normalized spacial score (nSPS) is 14.6. The van der Waals surface area contributed by atoms with Gasteiger partial charge in [0.2, 0.25) is 0 Å². The lowest BCUT2D eigenvalue weighted by Crippen LogP contribution is -2.14. The van der Waals surface area contributed by atoms with Crippen molar-refractivity contribution in [3.63, 3.8) is 0 Å². The van der Waals surface area contributed by atoms with Crippen LogP contribution in [0.15, 0.2) is 115 Å². The van der Waals surface area contributed by atoms with Crippen molar-refractivity contribution in [1.29, 1.82) is 0 Å². The number of nitrogens with zero attached hydrogens (tertiary/aromatic N) is 1. The Hall–Kier alpha value is -4.63. The molecule has 0 bridgehead atoms. The van der Waals surface area contributed by atoms with E-state index in [0.717, 1.165) is 34.6 Å². The van der Waals surface area contributed by atoms with Crippen LogP contribution in [-0.4, -0.2) is 4.98 Å². The second-order valence-corrected chi connectivity index (χ2v) is 9.09. The minimum absolute atomic E-state index is 0.0640. The summed E-state index contributed by atoms with van der Waals surface area (Å²) in [5.41, 5.74) is 15.2. The molecule has 0 radical (unpaired) electrons. The number of nitrogens with two attached hydrogens (primary N) is 1. The number of fused-ring (bicyclic) bond motifs is 2. The molecule has 2 heterocycles. The number of nitrogens with one attached hydrogen (secondary N) is 1. The molecule has 0 amide bonds. The first kappa shape index (κ1) is 21.9. The van der Waals surface area contributed by atoms with Crippen LogP contribution in [0.1, 0.15) is 28.4 Å². The quantitative estimate of drug-likeness (QED) is 0.259. The molecule has 5 aromatic rings. The molecule has 0 aliphatic carbocycles. The molecule has 0 spiro atoms. The highest BCUT2D eigenvalue weighted by Gasteiger charge is 2.18. The summed E-state index contributed by atoms with van der Waals surface area (Å²) in [5.74, 6) is 0. The van der Waals surface area contributed by atoms with Crippen molar-refractivity contribution in [2.24, 2.45) is 0 Å². The second kappa shape index (κ2) is 9.55. The summed E-state index contributed by atoms with van der Waals surface area (Å²) in [7, 11) is 0. The number of pyridine rings is 1. The highest BCUT2D eigenvalue weighted by atomic mass is 14.9. The Morgan fingerprint density at radius 2 is 1.67 bits per heavy atom. The van der Waals surface area contributed by atoms with E-state index in [0.29, 0.717) is 0 Å². The second-order valence-electron chi connectivity index (χ2n) is 9.09. The summed E-state index contributed by atoms with van der Waals surface area (Å²) in [6.07, 6.45) is 11.1. The van der Waals surface area contributed by atoms with Crippen LogP contribution in [0.2, 0.25) is 0 Å². The third-order valence-corrected chi connectivity index (χ3v) is 6.80. The van der Waals surface area contributed by atoms with Gasteiger partial charge in [-0.1, -0.05) is 109 Å². The van der Waals surface area contributed by atoms with E-state index < -0.39 is 0 Å². The number of aromatic nitrogens is 1. The van der Waals surface area contributed by atoms with Crippen molar-refractivity contribution >= 4 is 34.3 Å². The molecule has 1 aliphatic heterocycles. The smallest absolute Gasteiger partial charge is 0.0702 e. The van der Waals surface area contributed by atoms with E-state index in [-0.39, 0.29) is 6.04 Å². The van der Waals surface area contributed by atoms with Gasteiger partial charge in [-0.3, -0.25) is 4.98 Å². The predicted molar refractivity (Wildman–Crippen MR) is 153 cm³/mol. The third-order valence-electron chi connectivity index (χ3n) is 6.80. The Bertz CT molecular complexity index is 1580. The van der Waals surface area contributed by atoms with Gasteiger partial charge < -0.3 is 11.1 Å². The minimum atomic E-state index is 0.0640. The van der Waals surface area contributed by atoms with Gasteiger partial charge >= 0.3 is 0 Å². The van der Waals surface area contributed by atoms with Crippen LogP contribution in [-0.2, 0) is 6.42 Å². The van der Waals surface area contributed by atoms with Crippen molar-refractivity contribution < 1.29 is 0 Å². The standard InChI is InChI=1S/C33H27N3/c34-32-26(9-5-11-28-10-3-4-22-35-28)18-19-27-20-21-31(36-33(27)32)25-16-14-24(15-17-25)30-13-6-8-23-7-1-2-12-29(23)30/h1-10,12-22,31,36H,11,34H2/b9-5-. The Morgan fingerprint density at radius 3 is 2.53 bits per heavy atom. The van der Waals surface area contributed by atoms with Crippen molar-refractivity contribution in [1.82, 2.24) is 4.98 Å². The Morgan fingerprint density at radius 1 is 0.833 bits per heavy atom. The zero-order valence-electron chi connectivity index (χ0n) is 19.9. The molecular formula is C33H27N3. The first-order valence-electron chi connectivity index (χ1n) is 12.3. The van der Waals surface area contributed by atoms with Gasteiger partial charge in [0, 0.05) is 18.3 Å². The lowest BCUT2D eigenvalue weighted by Gasteiger charge is -2.25. The summed E-state index contributed by atoms with van der Waals surface area (Å²) in [6, 6.07) is 34.1. The van der Waals surface area contributed by atoms with E-state index in [1.54, 1.807) is 0 Å². The van der Waals surface area contributed by atoms with Gasteiger partial charge in [0.25, 0.3) is 0 Å². The SMILES string of the molecule is Nc1c(/C=C\Cc2ccccn2)ccc2c1NC(c1ccc(-c3cccc4ccccc34)cc1)C=C2. The highest BCUT2D eigenvalue weighted by molar-refractivity contribution is 5.96. The van der Waals surface area contributed by atoms with E-state index in [2.05, 4.69) is 113 Å². The Balaban J connectivity index is 1.23. The van der Waals surface area contributed by atoms with Gasteiger partial charge in [-0.15, -0.1) is 0 Å². The topological polar surface area (TPSA) is 50.9 Å². The highest BCUT2D eigenvalue weighted by Crippen LogP contribution is 2.37. The minimum Gasteiger partial charge on any atom is -0.397 e. The van der Waals surface area contributed by atoms with E-state index in [1.165, 1.54) is 27.5 Å². The van der Waals surface area contributed by atoms with Crippen LogP contribution in [0.25, 0.3) is 34.1 Å². The first-order chi connectivity index (χ1) is 17.8. The zero-order chi connectivity index (χ0) is 24.3. The summed E-state index contributed by atoms with van der Waals surface area (Å²) < 4.78 is 0. The summed E-state index contributed by atoms with van der Waals surface area (Å²) >= 11 is 0. The molecule has 3 N–H and O–H groups in total. The Kier molecular flexibility index (Phi) is 5.80. The van der Waals surface area contributed by atoms with Gasteiger partial charge in [-0.25, -0.2) is 0 Å². The van der Waals surface area contributed by atoms with Gasteiger partial charge in [-0.05, 0) is 50.7 Å². The molecular weight excluding hydrogens is 438 g/mol. The number of anilines is 2. The van der Waals surface area contributed by atoms with Crippen LogP contribution in [0.4, 0.5) is 11.4 Å². The number of hydrogen-bond donors (Lipinski definition) is 2. The monoisotopic (exact) mass is 465 g/mol. The molecule has 0 saturated carbocycles. The molecule has 3 nitrogen and oxygen atoms in total. The van der Waals surface area contributed by atoms with E-state index in [1.807, 2.05) is 24.4 Å². The van der Waals surface area contributed by atoms with E-state index in [4.69, 9.17) is 5.73 Å². The zero-order valence-corrected chi connectivity index (χ0v) is 19.9. The molecule has 0 fully saturated rings. The predicted octanol–water partition coefficient (Wildman–Crippen LogP) is 7.92. The summed E-state index contributed by atoms with van der Waals surface area (Å²) in [6.45, 7) is 0. The fraction of sp³-hybridized carbons (Fsp3) is 0.0606.